The molecule has 0 spiro atoms. The summed E-state index contributed by atoms with van der Waals surface area (Å²) in [6, 6.07) is 0.364. The van der Waals surface area contributed by atoms with E-state index in [2.05, 4.69) is 0 Å². The molecular formula is C11H18N2O3. The van der Waals surface area contributed by atoms with Gasteiger partial charge in [-0.2, -0.15) is 0 Å². The molecule has 1 N–H and O–H groups in total. The second kappa shape index (κ2) is 4.31. The van der Waals surface area contributed by atoms with Crippen LogP contribution in [0.3, 0.4) is 0 Å². The normalized spacial score (nSPS) is 20.1. The highest BCUT2D eigenvalue weighted by atomic mass is 16.4. The van der Waals surface area contributed by atoms with Gasteiger partial charge in [-0.25, -0.2) is 4.79 Å². The summed E-state index contributed by atoms with van der Waals surface area (Å²) in [5.74, 6) is -0.928. The van der Waals surface area contributed by atoms with Gasteiger partial charge in [-0.15, -0.1) is 0 Å². The third-order valence-electron chi connectivity index (χ3n) is 3.46. The number of carboxylic acid groups (broad SMARTS) is 1. The number of nitrogens with zero attached hydrogens (tertiary/aromatic N) is 2. The highest BCUT2D eigenvalue weighted by Crippen LogP contribution is 2.30. The number of amides is 2. The lowest BCUT2D eigenvalue weighted by Crippen LogP contribution is -2.50. The summed E-state index contributed by atoms with van der Waals surface area (Å²) in [5.41, 5.74) is 0. The van der Waals surface area contributed by atoms with Crippen LogP contribution in [-0.4, -0.2) is 52.6 Å². The van der Waals surface area contributed by atoms with Crippen LogP contribution in [0.25, 0.3) is 0 Å². The first kappa shape index (κ1) is 11.2. The minimum absolute atomic E-state index is 0.116. The number of carbonyl (C=O) groups excluding carboxylic acids is 1. The van der Waals surface area contributed by atoms with E-state index >= 15 is 0 Å². The molecule has 2 fully saturated rings. The van der Waals surface area contributed by atoms with E-state index in [1.807, 2.05) is 0 Å². The van der Waals surface area contributed by atoms with Crippen molar-refractivity contribution in [3.05, 3.63) is 0 Å². The van der Waals surface area contributed by atoms with Crippen molar-refractivity contribution in [3.63, 3.8) is 0 Å². The highest BCUT2D eigenvalue weighted by molar-refractivity contribution is 5.81. The Kier molecular flexibility index (Phi) is 3.03. The number of aliphatic carboxylic acids is 1. The lowest BCUT2D eigenvalue weighted by molar-refractivity contribution is -0.137. The maximum Gasteiger partial charge on any atom is 0.323 e. The van der Waals surface area contributed by atoms with Crippen LogP contribution in [0.5, 0.6) is 0 Å². The van der Waals surface area contributed by atoms with Crippen LogP contribution in [0.15, 0.2) is 0 Å². The van der Waals surface area contributed by atoms with E-state index in [0.717, 1.165) is 25.7 Å². The number of rotatable bonds is 4. The standard InChI is InChI=1S/C11H18N2O3/c1-12(8-3-2-4-8)11(16)13(7-10(14)15)9-5-6-9/h8-9H,2-7H2,1H3,(H,14,15). The van der Waals surface area contributed by atoms with Crippen LogP contribution in [0.4, 0.5) is 4.79 Å². The van der Waals surface area contributed by atoms with Crippen LogP contribution >= 0.6 is 0 Å². The van der Waals surface area contributed by atoms with Gasteiger partial charge in [0, 0.05) is 19.1 Å². The zero-order valence-corrected chi connectivity index (χ0v) is 9.56. The molecule has 0 aromatic rings. The van der Waals surface area contributed by atoms with Crippen LogP contribution < -0.4 is 0 Å². The van der Waals surface area contributed by atoms with Gasteiger partial charge in [-0.3, -0.25) is 4.79 Å². The van der Waals surface area contributed by atoms with Gasteiger partial charge in [0.25, 0.3) is 0 Å². The number of hydrogen-bond acceptors (Lipinski definition) is 2. The van der Waals surface area contributed by atoms with Crippen LogP contribution in [0.2, 0.25) is 0 Å². The Morgan fingerprint density at radius 1 is 1.19 bits per heavy atom. The van der Waals surface area contributed by atoms with Crippen molar-refractivity contribution in [3.8, 4) is 0 Å². The third-order valence-corrected chi connectivity index (χ3v) is 3.46. The van der Waals surface area contributed by atoms with E-state index in [1.165, 1.54) is 11.3 Å². The molecule has 5 heteroatoms. The molecule has 0 radical (unpaired) electrons. The summed E-state index contributed by atoms with van der Waals surface area (Å²) in [6.07, 6.45) is 5.15. The smallest absolute Gasteiger partial charge is 0.323 e. The number of hydrogen-bond donors (Lipinski definition) is 1. The Hall–Kier alpha value is -1.26. The predicted molar refractivity (Wildman–Crippen MR) is 58.2 cm³/mol. The molecule has 0 unspecified atom stereocenters. The summed E-state index contributed by atoms with van der Waals surface area (Å²) in [5, 5.41) is 8.79. The van der Waals surface area contributed by atoms with Gasteiger partial charge >= 0.3 is 12.0 Å². The minimum Gasteiger partial charge on any atom is -0.480 e. The Morgan fingerprint density at radius 3 is 2.19 bits per heavy atom. The van der Waals surface area contributed by atoms with Gasteiger partial charge < -0.3 is 14.9 Å². The molecule has 2 rings (SSSR count). The van der Waals surface area contributed by atoms with Crippen LogP contribution in [-0.2, 0) is 4.79 Å². The zero-order chi connectivity index (χ0) is 11.7. The van der Waals surface area contributed by atoms with Gasteiger partial charge in [0.1, 0.15) is 6.54 Å². The molecule has 90 valence electrons. The average molecular weight is 226 g/mol. The van der Waals surface area contributed by atoms with E-state index in [0.29, 0.717) is 6.04 Å². The first-order valence-electron chi connectivity index (χ1n) is 5.85. The lowest BCUT2D eigenvalue weighted by Gasteiger charge is -2.37. The summed E-state index contributed by atoms with van der Waals surface area (Å²) in [7, 11) is 1.78. The van der Waals surface area contributed by atoms with Gasteiger partial charge in [0.05, 0.1) is 0 Å². The lowest BCUT2D eigenvalue weighted by atomic mass is 9.92. The van der Waals surface area contributed by atoms with Gasteiger partial charge in [-0.1, -0.05) is 0 Å². The Balaban J connectivity index is 1.95. The van der Waals surface area contributed by atoms with Gasteiger partial charge in [-0.05, 0) is 32.1 Å². The quantitative estimate of drug-likeness (QED) is 0.782. The average Bonchev–Trinajstić information content (AvgIpc) is 2.93. The second-order valence-electron chi connectivity index (χ2n) is 4.73. The molecule has 0 saturated heterocycles. The summed E-state index contributed by atoms with van der Waals surface area (Å²) >= 11 is 0. The summed E-state index contributed by atoms with van der Waals surface area (Å²) in [4.78, 5) is 26.0. The van der Waals surface area contributed by atoms with Crippen molar-refractivity contribution < 1.29 is 14.7 Å². The fourth-order valence-corrected chi connectivity index (χ4v) is 2.02. The van der Waals surface area contributed by atoms with Crippen LogP contribution in [0, 0.1) is 0 Å². The Bertz CT molecular complexity index is 298. The van der Waals surface area contributed by atoms with E-state index in [4.69, 9.17) is 5.11 Å². The van der Waals surface area contributed by atoms with E-state index in [-0.39, 0.29) is 18.6 Å². The molecule has 0 bridgehead atoms. The first-order valence-corrected chi connectivity index (χ1v) is 5.85. The van der Waals surface area contributed by atoms with Crippen LogP contribution in [0.1, 0.15) is 32.1 Å². The van der Waals surface area contributed by atoms with Crippen molar-refractivity contribution in [1.29, 1.82) is 0 Å². The molecule has 5 nitrogen and oxygen atoms in total. The third kappa shape index (κ3) is 2.28. The zero-order valence-electron chi connectivity index (χ0n) is 9.56. The topological polar surface area (TPSA) is 60.9 Å². The maximum absolute atomic E-state index is 12.1. The highest BCUT2D eigenvalue weighted by Gasteiger charge is 2.37. The van der Waals surface area contributed by atoms with Crippen molar-refractivity contribution >= 4 is 12.0 Å². The fraction of sp³-hybridized carbons (Fsp3) is 0.818. The SMILES string of the molecule is CN(C(=O)N(CC(=O)O)C1CC1)C1CCC1. The molecule has 2 saturated carbocycles. The van der Waals surface area contributed by atoms with Crippen molar-refractivity contribution in [2.75, 3.05) is 13.6 Å². The minimum atomic E-state index is -0.928. The number of urea groups is 1. The molecule has 2 aliphatic rings. The fourth-order valence-electron chi connectivity index (χ4n) is 2.02. The van der Waals surface area contributed by atoms with Crippen molar-refractivity contribution in [2.24, 2.45) is 0 Å². The number of carbonyl (C=O) groups is 2. The first-order chi connectivity index (χ1) is 7.59. The predicted octanol–water partition coefficient (Wildman–Crippen LogP) is 1.14. The van der Waals surface area contributed by atoms with Crippen molar-refractivity contribution in [2.45, 2.75) is 44.2 Å². The van der Waals surface area contributed by atoms with E-state index < -0.39 is 5.97 Å². The molecule has 0 aromatic heterocycles. The van der Waals surface area contributed by atoms with Gasteiger partial charge in [0.2, 0.25) is 0 Å². The molecule has 16 heavy (non-hydrogen) atoms. The molecule has 0 atom stereocenters. The summed E-state index contributed by atoms with van der Waals surface area (Å²) in [6.45, 7) is -0.166. The van der Waals surface area contributed by atoms with E-state index in [9.17, 15) is 9.59 Å². The summed E-state index contributed by atoms with van der Waals surface area (Å²) < 4.78 is 0. The second-order valence-corrected chi connectivity index (χ2v) is 4.73. The largest absolute Gasteiger partial charge is 0.480 e. The molecule has 0 aromatic carbocycles. The molecule has 0 aliphatic heterocycles. The maximum atomic E-state index is 12.1. The molecule has 0 heterocycles. The molecular weight excluding hydrogens is 208 g/mol. The Morgan fingerprint density at radius 2 is 1.81 bits per heavy atom. The van der Waals surface area contributed by atoms with E-state index in [1.54, 1.807) is 11.9 Å². The molecule has 2 amide bonds. The van der Waals surface area contributed by atoms with Gasteiger partial charge in [0.15, 0.2) is 0 Å². The molecule has 2 aliphatic carbocycles. The number of carboxylic acids is 1. The monoisotopic (exact) mass is 226 g/mol. The Labute approximate surface area is 95.0 Å². The van der Waals surface area contributed by atoms with Crippen molar-refractivity contribution in [1.82, 2.24) is 9.80 Å².